The quantitative estimate of drug-likeness (QED) is 0.0129. The van der Waals surface area contributed by atoms with Crippen LogP contribution in [0.2, 0.25) is 0 Å². The van der Waals surface area contributed by atoms with Gasteiger partial charge in [0.1, 0.15) is 54.4 Å². The number of carboxylic acids is 2. The molecule has 0 radical (unpaired) electrons. The first kappa shape index (κ1) is 134. The zero-order valence-electron chi connectivity index (χ0n) is 84.8. The zero-order valence-corrected chi connectivity index (χ0v) is 88.0. The lowest BCUT2D eigenvalue weighted by Gasteiger charge is -2.40. The summed E-state index contributed by atoms with van der Waals surface area (Å²) in [6.45, 7) is 29.3. The molecule has 140 heavy (non-hydrogen) atoms. The average Bonchev–Trinajstić information content (AvgIpc) is 0.847. The van der Waals surface area contributed by atoms with Gasteiger partial charge in [-0.1, -0.05) is 116 Å². The lowest BCUT2D eigenvalue weighted by molar-refractivity contribution is -0.181. The van der Waals surface area contributed by atoms with Crippen molar-refractivity contribution < 1.29 is 145 Å². The van der Waals surface area contributed by atoms with Crippen molar-refractivity contribution in [1.82, 2.24) is 25.3 Å². The Morgan fingerprint density at radius 1 is 0.407 bits per heavy atom. The number of esters is 5. The third-order valence-corrected chi connectivity index (χ3v) is 24.9. The fourth-order valence-corrected chi connectivity index (χ4v) is 15.6. The Bertz CT molecular complexity index is 3820. The summed E-state index contributed by atoms with van der Waals surface area (Å²) in [4.78, 5) is 132. The van der Waals surface area contributed by atoms with Crippen molar-refractivity contribution in [3.63, 3.8) is 0 Å². The first-order valence-corrected chi connectivity index (χ1v) is 47.6. The van der Waals surface area contributed by atoms with Crippen LogP contribution in [0.4, 0.5) is 14.4 Å². The van der Waals surface area contributed by atoms with Crippen molar-refractivity contribution in [3.05, 3.63) is 108 Å². The first-order valence-electron chi connectivity index (χ1n) is 47.0. The number of carbonyl (C=O) groups is 11. The number of nitrogens with zero attached hydrogens (tertiary/aromatic N) is 3. The summed E-state index contributed by atoms with van der Waals surface area (Å²) in [7, 11) is 10.9. The van der Waals surface area contributed by atoms with E-state index in [2.05, 4.69) is 15.4 Å². The zero-order chi connectivity index (χ0) is 102. The van der Waals surface area contributed by atoms with Gasteiger partial charge < -0.3 is 122 Å². The van der Waals surface area contributed by atoms with E-state index in [0.29, 0.717) is 130 Å². The van der Waals surface area contributed by atoms with Gasteiger partial charge in [-0.3, -0.25) is 33.6 Å². The number of nitrogens with one attached hydrogen (secondary N) is 2. The Morgan fingerprint density at radius 2 is 0.714 bits per heavy atom. The van der Waals surface area contributed by atoms with Gasteiger partial charge in [-0.15, -0.1) is 37.2 Å². The molecule has 3 amide bonds. The van der Waals surface area contributed by atoms with Crippen LogP contribution in [0.15, 0.2) is 91.0 Å². The molecule has 3 aliphatic carbocycles. The van der Waals surface area contributed by atoms with Crippen molar-refractivity contribution >= 4 is 115 Å². The molecule has 3 aromatic carbocycles. The number of benzene rings is 3. The lowest BCUT2D eigenvalue weighted by atomic mass is 9.69. The van der Waals surface area contributed by atoms with Gasteiger partial charge in [-0.2, -0.15) is 0 Å². The minimum absolute atomic E-state index is 0. The van der Waals surface area contributed by atoms with Gasteiger partial charge in [0.2, 0.25) is 0 Å². The van der Waals surface area contributed by atoms with E-state index in [-0.39, 0.29) is 155 Å². The third-order valence-electron chi connectivity index (χ3n) is 24.7. The van der Waals surface area contributed by atoms with Crippen LogP contribution in [0.5, 0.6) is 0 Å². The second kappa shape index (κ2) is 69.2. The molecule has 7 N–H and O–H groups in total. The number of ether oxygens (including phenoxy) is 14. The normalized spacial score (nSPS) is 18.2. The summed E-state index contributed by atoms with van der Waals surface area (Å²) in [6.07, 6.45) is 15.6. The summed E-state index contributed by atoms with van der Waals surface area (Å²) >= 11 is 4.96. The monoisotopic (exact) mass is 2070 g/mol. The van der Waals surface area contributed by atoms with Crippen molar-refractivity contribution in [1.29, 1.82) is 0 Å². The Morgan fingerprint density at radius 3 is 0.950 bits per heavy atom. The predicted octanol–water partition coefficient (Wildman–Crippen LogP) is 14.9. The number of alkyl halides is 1. The van der Waals surface area contributed by atoms with Gasteiger partial charge >= 0.3 is 60.1 Å². The van der Waals surface area contributed by atoms with Crippen LogP contribution in [-0.2, 0) is 124 Å². The highest BCUT2D eigenvalue weighted by molar-refractivity contribution is 6.17. The minimum Gasteiger partial charge on any atom is -0.480 e. The van der Waals surface area contributed by atoms with Crippen LogP contribution in [0.25, 0.3) is 0 Å². The second-order valence-corrected chi connectivity index (χ2v) is 38.9. The summed E-state index contributed by atoms with van der Waals surface area (Å²) in [6, 6.07) is 28.6. The number of rotatable bonds is 26. The highest BCUT2D eigenvalue weighted by Gasteiger charge is 2.55. The van der Waals surface area contributed by atoms with Crippen LogP contribution in [-0.4, -0.2) is 304 Å². The molecule has 0 atom stereocenters. The molecule has 12 rings (SSSR count). The number of methoxy groups -OCH3 is 7. The Balaban J connectivity index is 0. The lowest BCUT2D eigenvalue weighted by Crippen LogP contribution is -2.50. The second-order valence-electron chi connectivity index (χ2n) is 38.7. The molecule has 0 spiro atoms. The van der Waals surface area contributed by atoms with Gasteiger partial charge in [-0.05, 0) is 234 Å². The van der Waals surface area contributed by atoms with E-state index in [4.69, 9.17) is 93.6 Å². The number of halogens is 4. The number of amides is 3. The molecular weight excluding hydrogens is 1900 g/mol. The number of aliphatic hydroxyl groups excluding tert-OH is 3. The van der Waals surface area contributed by atoms with E-state index in [1.807, 2.05) is 153 Å². The molecule has 9 aliphatic rings. The minimum atomic E-state index is -1.44. The molecule has 6 aliphatic heterocycles. The largest absolute Gasteiger partial charge is 0.480 e. The molecule has 804 valence electrons. The standard InChI is InChI=1S/C20H20O4.C14H25NO5.C13H25NO4.C13H14O3.C12H21NO4.2C8H17NO2.C6H8O4.C4H8O.C2H5ClO.CH4.3ClH/c21-18(23-14-16-8-3-1-4-9-16)20(12-7-13-20)19(22)24-15-17-10-5-2-6-11-17;1-13(2,3)20-12(17)15-8-6-14(7-9-15,10-18-4)11(16)19-5;1-12(2,3)18-11(16)14-7-5-13(9-15,6-8-14)10-17-4;14-10-13(7-4-8-13)12(15)16-9-11-5-2-1-3-6-11;1-12(2,3)17-11(15)13-7-5-9(6-8-13)10(14)16-4;2*1-11-7-8(6-10)2-4-9-5-3-8;7-4(8)6(5(9)10)2-1-3-6;1-2-4-5-3-1;1-4-2-3;;;;/h1-6,8-11H,7,12-15H2;6-10H2,1-5H3;15H,5-10H2,1-4H3;1-3,5-6,10H,4,7-9H2;9H,5-8H2,1-4H3;2*9-10H,2-7H2,1H3;1-3H2,(H,7,8)(H,9,10);1-4H2;2H2,1H3;1H4;3*1H. The van der Waals surface area contributed by atoms with E-state index < -0.39 is 62.3 Å². The van der Waals surface area contributed by atoms with Crippen LogP contribution < -0.4 is 10.6 Å². The first-order chi connectivity index (χ1) is 64.5. The number of aldehydes is 1. The molecule has 0 bridgehead atoms. The highest BCUT2D eigenvalue weighted by atomic mass is 35.5. The molecule has 6 heterocycles. The molecule has 3 aromatic rings. The fourth-order valence-electron chi connectivity index (χ4n) is 15.6. The Hall–Kier alpha value is -7.85. The van der Waals surface area contributed by atoms with E-state index in [1.165, 1.54) is 27.1 Å². The van der Waals surface area contributed by atoms with E-state index in [9.17, 15) is 57.8 Å². The summed E-state index contributed by atoms with van der Waals surface area (Å²) < 4.78 is 71.1. The van der Waals surface area contributed by atoms with Crippen LogP contribution in [0.1, 0.15) is 221 Å². The fraction of sp³-hybridized carbons (Fsp3) is 0.713. The maximum atomic E-state index is 12.5. The molecule has 35 nitrogen and oxygen atoms in total. The smallest absolute Gasteiger partial charge is 0.410 e. The number of aliphatic hydroxyl groups is 3. The number of piperidine rings is 5. The SMILES string of the molecule is C.C1CCOC1.COC(=O)C1CCN(C(=O)OC(C)(C)C)CC1.COCC1(C(=O)OC)CCN(C(=O)OC(C)(C)C)CC1.COCC1(CO)CCN(C(=O)OC(C)(C)C)CC1.COCC1(CO)CCNCC1.COCC1(CO)CCNCC1.COCCl.Cl.Cl.Cl.O=C(O)C1(C(=O)O)CCC1.O=C(OCc1ccccc1)C1(C(=O)OCc2ccccc2)CCC1.O=CC1(C(=O)OCc2ccccc2)CCC1. The van der Waals surface area contributed by atoms with Crippen LogP contribution in [0, 0.1) is 43.8 Å². The summed E-state index contributed by atoms with van der Waals surface area (Å²) in [5, 5.41) is 51.3. The number of likely N-dealkylation sites (tertiary alicyclic amines) is 3. The Kier molecular flexibility index (Phi) is 66.3. The molecule has 9 fully saturated rings. The number of hydrogen-bond donors (Lipinski definition) is 7. The van der Waals surface area contributed by atoms with Gasteiger partial charge in [-0.25, -0.2) is 14.4 Å². The highest BCUT2D eigenvalue weighted by Crippen LogP contribution is 2.45. The van der Waals surface area contributed by atoms with Crippen LogP contribution >= 0.6 is 48.8 Å². The number of aliphatic carboxylic acids is 2. The van der Waals surface area contributed by atoms with Crippen molar-refractivity contribution in [2.45, 2.75) is 241 Å². The Labute approximate surface area is 853 Å². The molecule has 6 saturated heterocycles. The number of carboxylic acid groups (broad SMARTS) is 2. The van der Waals surface area contributed by atoms with Gasteiger partial charge in [0.25, 0.3) is 0 Å². The van der Waals surface area contributed by atoms with Crippen LogP contribution in [0.3, 0.4) is 0 Å². The van der Waals surface area contributed by atoms with E-state index in [0.717, 1.165) is 114 Å². The van der Waals surface area contributed by atoms with Crippen molar-refractivity contribution in [2.75, 3.05) is 181 Å². The average molecular weight is 2070 g/mol. The third kappa shape index (κ3) is 47.3. The molecular formula is C101H167Cl4N5O30. The van der Waals surface area contributed by atoms with Gasteiger partial charge in [0.05, 0.1) is 71.8 Å². The number of hydrogen-bond acceptors (Lipinski definition) is 30. The summed E-state index contributed by atoms with van der Waals surface area (Å²) in [5.74, 6) is -4.28. The van der Waals surface area contributed by atoms with Gasteiger partial charge in [0.15, 0.2) is 10.8 Å². The number of carbonyl (C=O) groups excluding carboxylic acids is 9. The molecule has 0 aromatic heterocycles. The predicted molar refractivity (Wildman–Crippen MR) is 537 cm³/mol. The molecule has 3 saturated carbocycles. The van der Waals surface area contributed by atoms with E-state index >= 15 is 0 Å². The molecule has 39 heteroatoms. The topological polar surface area (TPSA) is 452 Å². The van der Waals surface area contributed by atoms with E-state index in [1.54, 1.807) is 50.2 Å². The van der Waals surface area contributed by atoms with Gasteiger partial charge in [0, 0.05) is 104 Å². The maximum Gasteiger partial charge on any atom is 0.410 e. The van der Waals surface area contributed by atoms with Crippen molar-refractivity contribution in [3.8, 4) is 0 Å². The maximum absolute atomic E-state index is 12.5. The summed E-state index contributed by atoms with van der Waals surface area (Å²) in [5.41, 5.74) is -2.88. The van der Waals surface area contributed by atoms with Crippen molar-refractivity contribution in [2.24, 2.45) is 43.8 Å². The molecule has 0 unspecified atom stereocenters.